The number of nitrogens with zero attached hydrogens (tertiary/aromatic N) is 3. The van der Waals surface area contributed by atoms with Gasteiger partial charge in [0.2, 0.25) is 0 Å². The van der Waals surface area contributed by atoms with Gasteiger partial charge in [-0.2, -0.15) is 5.10 Å². The fraction of sp³-hybridized carbons (Fsp3) is 0.565. The zero-order chi connectivity index (χ0) is 20.8. The Morgan fingerprint density at radius 3 is 2.52 bits per heavy atom. The van der Waals surface area contributed by atoms with E-state index in [1.165, 1.54) is 5.56 Å². The largest absolute Gasteiger partial charge is 0.379 e. The number of carbonyl (C=O) groups excluding carboxylic acids is 1. The third-order valence-corrected chi connectivity index (χ3v) is 5.53. The molecule has 1 aromatic carbocycles. The molecule has 1 unspecified atom stereocenters. The zero-order valence-corrected chi connectivity index (χ0v) is 18.1. The number of amides is 1. The van der Waals surface area contributed by atoms with Crippen LogP contribution in [0.3, 0.4) is 0 Å². The molecule has 158 valence electrons. The molecule has 1 aliphatic heterocycles. The molecular weight excluding hydrogens is 364 g/mol. The predicted molar refractivity (Wildman–Crippen MR) is 116 cm³/mol. The van der Waals surface area contributed by atoms with E-state index in [2.05, 4.69) is 55.1 Å². The number of benzene rings is 1. The normalized spacial score (nSPS) is 16.2. The van der Waals surface area contributed by atoms with E-state index >= 15 is 0 Å². The van der Waals surface area contributed by atoms with E-state index in [0.717, 1.165) is 50.5 Å². The molecule has 6 nitrogen and oxygen atoms in total. The quantitative estimate of drug-likeness (QED) is 0.742. The van der Waals surface area contributed by atoms with E-state index < -0.39 is 0 Å². The zero-order valence-electron chi connectivity index (χ0n) is 18.1. The lowest BCUT2D eigenvalue weighted by Gasteiger charge is -2.35. The molecule has 3 rings (SSSR count). The van der Waals surface area contributed by atoms with E-state index in [-0.39, 0.29) is 5.91 Å². The Labute approximate surface area is 174 Å². The number of aromatic nitrogens is 2. The number of ether oxygens (including phenoxy) is 1. The third kappa shape index (κ3) is 5.46. The summed E-state index contributed by atoms with van der Waals surface area (Å²) in [6, 6.07) is 8.55. The van der Waals surface area contributed by atoms with Gasteiger partial charge in [0.15, 0.2) is 0 Å². The second kappa shape index (κ2) is 10.0. The van der Waals surface area contributed by atoms with E-state index in [9.17, 15) is 4.79 Å². The van der Waals surface area contributed by atoms with Gasteiger partial charge in [-0.05, 0) is 37.8 Å². The van der Waals surface area contributed by atoms with Crippen molar-refractivity contribution in [3.05, 3.63) is 47.3 Å². The summed E-state index contributed by atoms with van der Waals surface area (Å²) in [5.41, 5.74) is 3.80. The first-order valence-electron chi connectivity index (χ1n) is 10.7. The van der Waals surface area contributed by atoms with Gasteiger partial charge in [0.05, 0.1) is 36.4 Å². The summed E-state index contributed by atoms with van der Waals surface area (Å²) in [6.45, 7) is 12.6. The number of hydrogen-bond acceptors (Lipinski definition) is 4. The highest BCUT2D eigenvalue weighted by Crippen LogP contribution is 2.17. The van der Waals surface area contributed by atoms with Crippen LogP contribution in [-0.4, -0.2) is 59.5 Å². The van der Waals surface area contributed by atoms with Crippen molar-refractivity contribution in [2.75, 3.05) is 32.8 Å². The molecule has 1 aliphatic rings. The number of hydrogen-bond donors (Lipinski definition) is 1. The van der Waals surface area contributed by atoms with Crippen LogP contribution in [-0.2, 0) is 11.2 Å². The molecule has 2 aromatic rings. The summed E-state index contributed by atoms with van der Waals surface area (Å²) in [5.74, 6) is 0.539. The average molecular weight is 399 g/mol. The number of rotatable bonds is 8. The molecule has 1 fully saturated rings. The highest BCUT2D eigenvalue weighted by Gasteiger charge is 2.24. The van der Waals surface area contributed by atoms with Crippen LogP contribution in [0.2, 0.25) is 0 Å². The van der Waals surface area contributed by atoms with Crippen molar-refractivity contribution in [1.29, 1.82) is 0 Å². The smallest absolute Gasteiger partial charge is 0.254 e. The fourth-order valence-electron chi connectivity index (χ4n) is 3.97. The van der Waals surface area contributed by atoms with E-state index in [1.54, 1.807) is 6.20 Å². The molecule has 1 N–H and O–H groups in total. The third-order valence-electron chi connectivity index (χ3n) is 5.53. The minimum atomic E-state index is -0.0396. The topological polar surface area (TPSA) is 59.4 Å². The monoisotopic (exact) mass is 398 g/mol. The number of carbonyl (C=O) groups is 1. The average Bonchev–Trinajstić information content (AvgIpc) is 3.16. The molecule has 0 saturated carbocycles. The molecule has 29 heavy (non-hydrogen) atoms. The SMILES string of the molecule is CCc1c(C(=O)NCC(CC(C)C)N2CCOCC2)cnn1-c1ccc(C)cc1. The lowest BCUT2D eigenvalue weighted by molar-refractivity contribution is 0.0124. The number of aryl methyl sites for hydroxylation is 1. The van der Waals surface area contributed by atoms with Crippen LogP contribution >= 0.6 is 0 Å². The standard InChI is InChI=1S/C23H34N4O2/c1-5-22-21(16-25-27(22)19-8-6-18(4)7-9-19)23(28)24-15-20(14-17(2)3)26-10-12-29-13-11-26/h6-9,16-17,20H,5,10-15H2,1-4H3,(H,24,28). The van der Waals surface area contributed by atoms with Gasteiger partial charge in [-0.15, -0.1) is 0 Å². The Hall–Kier alpha value is -2.18. The summed E-state index contributed by atoms with van der Waals surface area (Å²) < 4.78 is 7.37. The van der Waals surface area contributed by atoms with Crippen LogP contribution in [0.1, 0.15) is 48.8 Å². The van der Waals surface area contributed by atoms with Crippen LogP contribution in [0.4, 0.5) is 0 Å². The predicted octanol–water partition coefficient (Wildman–Crippen LogP) is 3.22. The van der Waals surface area contributed by atoms with E-state index in [1.807, 2.05) is 16.8 Å². The molecule has 0 spiro atoms. The molecule has 2 heterocycles. The molecule has 1 atom stereocenters. The molecule has 0 aliphatic carbocycles. The van der Waals surface area contributed by atoms with Crippen molar-refractivity contribution in [2.45, 2.75) is 46.6 Å². The van der Waals surface area contributed by atoms with Crippen LogP contribution in [0.15, 0.2) is 30.5 Å². The van der Waals surface area contributed by atoms with Crippen molar-refractivity contribution in [3.8, 4) is 5.69 Å². The lowest BCUT2D eigenvalue weighted by Crippen LogP contribution is -2.49. The Kier molecular flexibility index (Phi) is 7.45. The Morgan fingerprint density at radius 2 is 1.90 bits per heavy atom. The first-order chi connectivity index (χ1) is 14.0. The van der Waals surface area contributed by atoms with Crippen molar-refractivity contribution in [3.63, 3.8) is 0 Å². The van der Waals surface area contributed by atoms with E-state index in [4.69, 9.17) is 4.74 Å². The van der Waals surface area contributed by atoms with Gasteiger partial charge < -0.3 is 10.1 Å². The van der Waals surface area contributed by atoms with Gasteiger partial charge in [0.1, 0.15) is 0 Å². The van der Waals surface area contributed by atoms with Crippen molar-refractivity contribution in [1.82, 2.24) is 20.0 Å². The van der Waals surface area contributed by atoms with Gasteiger partial charge in [0, 0.05) is 25.7 Å². The molecule has 0 radical (unpaired) electrons. The minimum absolute atomic E-state index is 0.0396. The Balaban J connectivity index is 1.71. The first-order valence-corrected chi connectivity index (χ1v) is 10.7. The summed E-state index contributed by atoms with van der Waals surface area (Å²) in [5, 5.41) is 7.68. The maximum Gasteiger partial charge on any atom is 0.254 e. The Bertz CT molecular complexity index is 792. The fourth-order valence-corrected chi connectivity index (χ4v) is 3.97. The molecule has 1 aromatic heterocycles. The van der Waals surface area contributed by atoms with Crippen molar-refractivity contribution in [2.24, 2.45) is 5.92 Å². The lowest BCUT2D eigenvalue weighted by atomic mass is 10.0. The maximum atomic E-state index is 13.0. The van der Waals surface area contributed by atoms with Crippen LogP contribution < -0.4 is 5.32 Å². The van der Waals surface area contributed by atoms with Gasteiger partial charge in [-0.25, -0.2) is 4.68 Å². The highest BCUT2D eigenvalue weighted by molar-refractivity contribution is 5.95. The van der Waals surface area contributed by atoms with Crippen molar-refractivity contribution >= 4 is 5.91 Å². The van der Waals surface area contributed by atoms with Crippen LogP contribution in [0.25, 0.3) is 5.69 Å². The molecule has 1 saturated heterocycles. The molecule has 0 bridgehead atoms. The number of nitrogens with one attached hydrogen (secondary N) is 1. The van der Waals surface area contributed by atoms with Gasteiger partial charge >= 0.3 is 0 Å². The van der Waals surface area contributed by atoms with Crippen LogP contribution in [0, 0.1) is 12.8 Å². The maximum absolute atomic E-state index is 13.0. The van der Waals surface area contributed by atoms with Gasteiger partial charge in [-0.3, -0.25) is 9.69 Å². The summed E-state index contributed by atoms with van der Waals surface area (Å²) in [7, 11) is 0. The first kappa shape index (κ1) is 21.5. The van der Waals surface area contributed by atoms with Crippen molar-refractivity contribution < 1.29 is 9.53 Å². The van der Waals surface area contributed by atoms with E-state index in [0.29, 0.717) is 24.1 Å². The highest BCUT2D eigenvalue weighted by atomic mass is 16.5. The van der Waals surface area contributed by atoms with Gasteiger partial charge in [0.25, 0.3) is 5.91 Å². The second-order valence-corrected chi connectivity index (χ2v) is 8.25. The van der Waals surface area contributed by atoms with Gasteiger partial charge in [-0.1, -0.05) is 38.5 Å². The Morgan fingerprint density at radius 1 is 1.21 bits per heavy atom. The summed E-state index contributed by atoms with van der Waals surface area (Å²) in [6.07, 6.45) is 3.50. The molecule has 1 amide bonds. The summed E-state index contributed by atoms with van der Waals surface area (Å²) in [4.78, 5) is 15.4. The second-order valence-electron chi connectivity index (χ2n) is 8.25. The molecule has 6 heteroatoms. The molecular formula is C23H34N4O2. The summed E-state index contributed by atoms with van der Waals surface area (Å²) >= 11 is 0. The van der Waals surface area contributed by atoms with Crippen LogP contribution in [0.5, 0.6) is 0 Å². The number of morpholine rings is 1. The minimum Gasteiger partial charge on any atom is -0.379 e.